The minimum absolute atomic E-state index is 0.149. The maximum absolute atomic E-state index is 11.6. The number of aromatic nitrogens is 2. The zero-order valence-corrected chi connectivity index (χ0v) is 17.6. The number of hydrogen-bond acceptors (Lipinski definition) is 6. The first-order valence-corrected chi connectivity index (χ1v) is 10.4. The molecule has 3 heterocycles. The Kier molecular flexibility index (Phi) is 5.56. The Morgan fingerprint density at radius 2 is 1.34 bits per heavy atom. The molecule has 0 aliphatic carbocycles. The minimum Gasteiger partial charge on any atom is -0.368 e. The quantitative estimate of drug-likeness (QED) is 0.795. The molecular formula is C22H30N6O. The Hall–Kier alpha value is -2.83. The number of rotatable bonds is 3. The molecule has 0 atom stereocenters. The van der Waals surface area contributed by atoms with Gasteiger partial charge in [0, 0.05) is 71.0 Å². The third-order valence-electron chi connectivity index (χ3n) is 5.83. The number of hydrogen-bond donors (Lipinski definition) is 0. The van der Waals surface area contributed by atoms with Crippen LogP contribution in [-0.4, -0.2) is 73.1 Å². The van der Waals surface area contributed by atoms with E-state index in [4.69, 9.17) is 4.98 Å². The molecule has 2 saturated heterocycles. The van der Waals surface area contributed by atoms with Crippen LogP contribution in [0.25, 0.3) is 0 Å². The number of benzene rings is 1. The lowest BCUT2D eigenvalue weighted by atomic mass is 10.2. The number of piperazine rings is 2. The summed E-state index contributed by atoms with van der Waals surface area (Å²) in [6.45, 7) is 12.7. The van der Waals surface area contributed by atoms with Gasteiger partial charge in [-0.3, -0.25) is 4.79 Å². The summed E-state index contributed by atoms with van der Waals surface area (Å²) in [7, 11) is 0. The summed E-state index contributed by atoms with van der Waals surface area (Å²) in [6.07, 6.45) is 0. The fraction of sp³-hybridized carbons (Fsp3) is 0.500. The first-order chi connectivity index (χ1) is 14.0. The van der Waals surface area contributed by atoms with Gasteiger partial charge >= 0.3 is 0 Å². The molecule has 0 unspecified atom stereocenters. The molecule has 7 heteroatoms. The number of aryl methyl sites for hydroxylation is 2. The normalized spacial score (nSPS) is 17.6. The van der Waals surface area contributed by atoms with Crippen molar-refractivity contribution in [3.63, 3.8) is 0 Å². The molecule has 2 fully saturated rings. The highest BCUT2D eigenvalue weighted by Crippen LogP contribution is 2.23. The van der Waals surface area contributed by atoms with Crippen LogP contribution in [0.5, 0.6) is 0 Å². The van der Waals surface area contributed by atoms with Crippen molar-refractivity contribution in [3.8, 4) is 0 Å². The van der Waals surface area contributed by atoms with Crippen molar-refractivity contribution in [1.82, 2.24) is 14.9 Å². The Balaban J connectivity index is 1.43. The second kappa shape index (κ2) is 8.27. The molecule has 0 N–H and O–H groups in total. The lowest BCUT2D eigenvalue weighted by Crippen LogP contribution is -2.49. The van der Waals surface area contributed by atoms with Crippen molar-refractivity contribution in [2.75, 3.05) is 67.1 Å². The second-order valence-electron chi connectivity index (χ2n) is 7.94. The number of nitrogens with zero attached hydrogens (tertiary/aromatic N) is 6. The van der Waals surface area contributed by atoms with Gasteiger partial charge in [0.1, 0.15) is 17.5 Å². The minimum atomic E-state index is 0.149. The van der Waals surface area contributed by atoms with Crippen LogP contribution in [0, 0.1) is 13.8 Å². The molecular weight excluding hydrogens is 364 g/mol. The first kappa shape index (κ1) is 19.5. The number of anilines is 3. The Bertz CT molecular complexity index is 869. The third-order valence-corrected chi connectivity index (χ3v) is 5.83. The second-order valence-corrected chi connectivity index (χ2v) is 7.94. The third kappa shape index (κ3) is 4.44. The van der Waals surface area contributed by atoms with Crippen molar-refractivity contribution < 1.29 is 4.79 Å². The average Bonchev–Trinajstić information content (AvgIpc) is 2.73. The molecule has 2 aliphatic rings. The van der Waals surface area contributed by atoms with Crippen molar-refractivity contribution in [2.24, 2.45) is 0 Å². The molecule has 2 aromatic rings. The number of carbonyl (C=O) groups is 1. The van der Waals surface area contributed by atoms with Gasteiger partial charge in [-0.25, -0.2) is 9.97 Å². The van der Waals surface area contributed by atoms with Crippen LogP contribution >= 0.6 is 0 Å². The van der Waals surface area contributed by atoms with E-state index in [1.54, 1.807) is 6.92 Å². The molecule has 0 saturated carbocycles. The van der Waals surface area contributed by atoms with E-state index in [-0.39, 0.29) is 5.91 Å². The van der Waals surface area contributed by atoms with E-state index in [1.807, 2.05) is 11.8 Å². The Labute approximate surface area is 172 Å². The van der Waals surface area contributed by atoms with Crippen molar-refractivity contribution in [2.45, 2.75) is 20.8 Å². The van der Waals surface area contributed by atoms with Crippen LogP contribution in [0.4, 0.5) is 17.3 Å². The standard InChI is InChI=1S/C22H30N6O/c1-17-5-4-6-20(15-17)26-9-13-28(14-10-26)22-16-21(23-18(2)24-22)27-11-7-25(8-12-27)19(3)29/h4-6,15-16H,7-14H2,1-3H3. The molecule has 4 rings (SSSR count). The SMILES string of the molecule is CC(=O)N1CCN(c2cc(N3CCN(c4cccc(C)c4)CC3)nc(C)n2)CC1. The fourth-order valence-corrected chi connectivity index (χ4v) is 4.13. The van der Waals surface area contributed by atoms with Crippen LogP contribution in [0.3, 0.4) is 0 Å². The van der Waals surface area contributed by atoms with Gasteiger partial charge in [-0.1, -0.05) is 12.1 Å². The summed E-state index contributed by atoms with van der Waals surface area (Å²) in [5.74, 6) is 2.92. The van der Waals surface area contributed by atoms with Gasteiger partial charge in [0.05, 0.1) is 0 Å². The van der Waals surface area contributed by atoms with Gasteiger partial charge in [-0.2, -0.15) is 0 Å². The summed E-state index contributed by atoms with van der Waals surface area (Å²) in [5, 5.41) is 0. The topological polar surface area (TPSA) is 55.8 Å². The maximum Gasteiger partial charge on any atom is 0.219 e. The molecule has 0 bridgehead atoms. The molecule has 154 valence electrons. The predicted octanol–water partition coefficient (Wildman–Crippen LogP) is 2.09. The largest absolute Gasteiger partial charge is 0.368 e. The molecule has 0 spiro atoms. The van der Waals surface area contributed by atoms with Gasteiger partial charge in [0.25, 0.3) is 0 Å². The van der Waals surface area contributed by atoms with E-state index in [2.05, 4.69) is 56.9 Å². The lowest BCUT2D eigenvalue weighted by Gasteiger charge is -2.38. The van der Waals surface area contributed by atoms with E-state index in [9.17, 15) is 4.79 Å². The van der Waals surface area contributed by atoms with Gasteiger partial charge in [-0.15, -0.1) is 0 Å². The van der Waals surface area contributed by atoms with Gasteiger partial charge in [0.15, 0.2) is 0 Å². The van der Waals surface area contributed by atoms with Crippen molar-refractivity contribution in [1.29, 1.82) is 0 Å². The molecule has 2 aliphatic heterocycles. The molecule has 7 nitrogen and oxygen atoms in total. The molecule has 29 heavy (non-hydrogen) atoms. The van der Waals surface area contributed by atoms with Crippen molar-refractivity contribution in [3.05, 3.63) is 41.7 Å². The van der Waals surface area contributed by atoms with Crippen LogP contribution in [0.15, 0.2) is 30.3 Å². The molecule has 1 amide bonds. The van der Waals surface area contributed by atoms with E-state index in [0.717, 1.165) is 69.8 Å². The van der Waals surface area contributed by atoms with E-state index in [1.165, 1.54) is 11.3 Å². The van der Waals surface area contributed by atoms with Crippen LogP contribution in [-0.2, 0) is 4.79 Å². The summed E-state index contributed by atoms with van der Waals surface area (Å²) in [4.78, 5) is 29.9. The monoisotopic (exact) mass is 394 g/mol. The van der Waals surface area contributed by atoms with Gasteiger partial charge in [0.2, 0.25) is 5.91 Å². The smallest absolute Gasteiger partial charge is 0.219 e. The average molecular weight is 395 g/mol. The Morgan fingerprint density at radius 3 is 1.90 bits per heavy atom. The number of carbonyl (C=O) groups excluding carboxylic acids is 1. The van der Waals surface area contributed by atoms with Gasteiger partial charge in [-0.05, 0) is 31.5 Å². The zero-order chi connectivity index (χ0) is 20.4. The maximum atomic E-state index is 11.6. The summed E-state index contributed by atoms with van der Waals surface area (Å²) in [6, 6.07) is 10.8. The van der Waals surface area contributed by atoms with Crippen LogP contribution in [0.1, 0.15) is 18.3 Å². The lowest BCUT2D eigenvalue weighted by molar-refractivity contribution is -0.129. The predicted molar refractivity (Wildman–Crippen MR) is 117 cm³/mol. The zero-order valence-electron chi connectivity index (χ0n) is 17.6. The highest BCUT2D eigenvalue weighted by molar-refractivity contribution is 5.73. The van der Waals surface area contributed by atoms with Crippen LogP contribution in [0.2, 0.25) is 0 Å². The summed E-state index contributed by atoms with van der Waals surface area (Å²) < 4.78 is 0. The Morgan fingerprint density at radius 1 is 0.793 bits per heavy atom. The van der Waals surface area contributed by atoms with Crippen molar-refractivity contribution >= 4 is 23.2 Å². The van der Waals surface area contributed by atoms with Gasteiger partial charge < -0.3 is 19.6 Å². The summed E-state index contributed by atoms with van der Waals surface area (Å²) >= 11 is 0. The summed E-state index contributed by atoms with van der Waals surface area (Å²) in [5.41, 5.74) is 2.60. The molecule has 1 aromatic carbocycles. The molecule has 0 radical (unpaired) electrons. The first-order valence-electron chi connectivity index (χ1n) is 10.4. The van der Waals surface area contributed by atoms with E-state index < -0.39 is 0 Å². The fourth-order valence-electron chi connectivity index (χ4n) is 4.13. The highest BCUT2D eigenvalue weighted by Gasteiger charge is 2.23. The highest BCUT2D eigenvalue weighted by atomic mass is 16.2. The molecule has 1 aromatic heterocycles. The van der Waals surface area contributed by atoms with E-state index in [0.29, 0.717) is 0 Å². The number of amides is 1. The van der Waals surface area contributed by atoms with E-state index >= 15 is 0 Å². The van der Waals surface area contributed by atoms with Crippen LogP contribution < -0.4 is 14.7 Å².